The zero-order valence-electron chi connectivity index (χ0n) is 17.5. The fourth-order valence-corrected chi connectivity index (χ4v) is 4.50. The number of halogens is 1. The maximum Gasteiger partial charge on any atom is 0.271 e. The van der Waals surface area contributed by atoms with Gasteiger partial charge < -0.3 is 9.88 Å². The highest BCUT2D eigenvalue weighted by Crippen LogP contribution is 2.32. The number of amidine groups is 1. The van der Waals surface area contributed by atoms with Crippen LogP contribution in [0.5, 0.6) is 0 Å². The second kappa shape index (κ2) is 8.64. The number of hydrogen-bond acceptors (Lipinski definition) is 5. The molecule has 1 aliphatic rings. The summed E-state index contributed by atoms with van der Waals surface area (Å²) in [7, 11) is 0. The Morgan fingerprint density at radius 2 is 1.94 bits per heavy atom. The second-order valence-corrected chi connectivity index (χ2v) is 8.82. The highest BCUT2D eigenvalue weighted by molar-refractivity contribution is 8.18. The van der Waals surface area contributed by atoms with Gasteiger partial charge in [-0.3, -0.25) is 14.9 Å². The molecule has 1 fully saturated rings. The van der Waals surface area contributed by atoms with Gasteiger partial charge in [0.25, 0.3) is 11.6 Å². The number of thioether (sulfide) groups is 1. The molecule has 4 rings (SSSR count). The van der Waals surface area contributed by atoms with Crippen molar-refractivity contribution in [3.8, 4) is 5.69 Å². The van der Waals surface area contributed by atoms with Gasteiger partial charge in [-0.25, -0.2) is 4.99 Å². The van der Waals surface area contributed by atoms with Crippen LogP contribution in [0, 0.1) is 30.9 Å². The van der Waals surface area contributed by atoms with Gasteiger partial charge in [-0.15, -0.1) is 0 Å². The highest BCUT2D eigenvalue weighted by atomic mass is 35.5. The zero-order valence-corrected chi connectivity index (χ0v) is 19.1. The van der Waals surface area contributed by atoms with Crippen LogP contribution in [-0.2, 0) is 4.79 Å². The Hall–Kier alpha value is -3.36. The Morgan fingerprint density at radius 1 is 1.16 bits per heavy atom. The fraction of sp³-hybridized carbons (Fsp3) is 0.130. The standard InChI is InChI=1S/C23H19ClN4O3S/c1-13-7-8-17(24)11-20(13)25-23-26-22(29)21(32-23)10-16-9-14(2)27(15(16)3)18-5-4-6-19(12-18)28(30)31/h4-12H,1-3H3,(H,25,26,29)/b21-10-. The summed E-state index contributed by atoms with van der Waals surface area (Å²) in [5.41, 5.74) is 5.01. The molecule has 162 valence electrons. The number of rotatable bonds is 4. The third-order valence-corrected chi connectivity index (χ3v) is 6.24. The molecule has 32 heavy (non-hydrogen) atoms. The number of aryl methyl sites for hydroxylation is 2. The monoisotopic (exact) mass is 466 g/mol. The maximum atomic E-state index is 12.5. The molecule has 0 spiro atoms. The number of aliphatic imine (C=N–C) groups is 1. The molecular formula is C23H19ClN4O3S. The van der Waals surface area contributed by atoms with Crippen molar-refractivity contribution in [2.75, 3.05) is 0 Å². The molecule has 1 N–H and O–H groups in total. The van der Waals surface area contributed by atoms with Gasteiger partial charge in [-0.1, -0.05) is 23.7 Å². The zero-order chi connectivity index (χ0) is 23.0. The maximum absolute atomic E-state index is 12.5. The van der Waals surface area contributed by atoms with E-state index in [0.717, 1.165) is 22.5 Å². The topological polar surface area (TPSA) is 89.5 Å². The predicted octanol–water partition coefficient (Wildman–Crippen LogP) is 5.86. The minimum absolute atomic E-state index is 0.0257. The Labute approximate surface area is 194 Å². The van der Waals surface area contributed by atoms with Crippen LogP contribution < -0.4 is 5.32 Å². The minimum Gasteiger partial charge on any atom is -0.318 e. The highest BCUT2D eigenvalue weighted by Gasteiger charge is 2.25. The smallest absolute Gasteiger partial charge is 0.271 e. The molecular weight excluding hydrogens is 448 g/mol. The minimum atomic E-state index is -0.414. The van der Waals surface area contributed by atoms with Gasteiger partial charge in [0, 0.05) is 28.5 Å². The molecule has 9 heteroatoms. The number of non-ortho nitro benzene ring substituents is 1. The van der Waals surface area contributed by atoms with Crippen LogP contribution in [0.15, 0.2) is 58.4 Å². The summed E-state index contributed by atoms with van der Waals surface area (Å²) in [6.07, 6.45) is 1.81. The van der Waals surface area contributed by atoms with Gasteiger partial charge in [0.05, 0.1) is 21.2 Å². The Morgan fingerprint density at radius 3 is 2.69 bits per heavy atom. The first-order chi connectivity index (χ1) is 15.2. The number of carbonyl (C=O) groups is 1. The van der Waals surface area contributed by atoms with E-state index in [1.165, 1.54) is 23.9 Å². The quantitative estimate of drug-likeness (QED) is 0.296. The van der Waals surface area contributed by atoms with E-state index >= 15 is 0 Å². The van der Waals surface area contributed by atoms with Gasteiger partial charge >= 0.3 is 0 Å². The van der Waals surface area contributed by atoms with Crippen LogP contribution in [0.4, 0.5) is 11.4 Å². The molecule has 0 aliphatic carbocycles. The third kappa shape index (κ3) is 4.32. The van der Waals surface area contributed by atoms with Crippen LogP contribution in [0.25, 0.3) is 11.8 Å². The summed E-state index contributed by atoms with van der Waals surface area (Å²) >= 11 is 7.32. The van der Waals surface area contributed by atoms with E-state index in [1.807, 2.05) is 49.6 Å². The van der Waals surface area contributed by atoms with Crippen LogP contribution in [0.3, 0.4) is 0 Å². The number of nitrogens with zero attached hydrogens (tertiary/aromatic N) is 3. The van der Waals surface area contributed by atoms with Crippen molar-refractivity contribution in [3.63, 3.8) is 0 Å². The number of nitro groups is 1. The van der Waals surface area contributed by atoms with E-state index in [2.05, 4.69) is 10.3 Å². The van der Waals surface area contributed by atoms with E-state index < -0.39 is 4.92 Å². The molecule has 3 aromatic rings. The molecule has 7 nitrogen and oxygen atoms in total. The van der Waals surface area contributed by atoms with E-state index in [0.29, 0.717) is 26.5 Å². The summed E-state index contributed by atoms with van der Waals surface area (Å²) < 4.78 is 1.93. The average Bonchev–Trinajstić information content (AvgIpc) is 3.23. The van der Waals surface area contributed by atoms with Crippen LogP contribution in [0.2, 0.25) is 5.02 Å². The van der Waals surface area contributed by atoms with Gasteiger partial charge in [-0.05, 0) is 74.0 Å². The normalized spacial score (nSPS) is 16.1. The fourth-order valence-electron chi connectivity index (χ4n) is 3.51. The lowest BCUT2D eigenvalue weighted by Crippen LogP contribution is -2.19. The van der Waals surface area contributed by atoms with E-state index in [1.54, 1.807) is 18.2 Å². The average molecular weight is 467 g/mol. The molecule has 1 saturated heterocycles. The Balaban J connectivity index is 1.66. The molecule has 0 radical (unpaired) electrons. The van der Waals surface area contributed by atoms with E-state index in [9.17, 15) is 14.9 Å². The summed E-state index contributed by atoms with van der Waals surface area (Å²) in [5, 5.41) is 15.0. The van der Waals surface area contributed by atoms with Crippen molar-refractivity contribution >= 4 is 51.9 Å². The van der Waals surface area contributed by atoms with Crippen molar-refractivity contribution in [1.29, 1.82) is 0 Å². The molecule has 2 aromatic carbocycles. The van der Waals surface area contributed by atoms with Gasteiger partial charge in [0.1, 0.15) is 0 Å². The summed E-state index contributed by atoms with van der Waals surface area (Å²) in [6.45, 7) is 5.77. The third-order valence-electron chi connectivity index (χ3n) is 5.10. The Kier molecular flexibility index (Phi) is 5.90. The number of hydrogen-bond donors (Lipinski definition) is 1. The lowest BCUT2D eigenvalue weighted by molar-refractivity contribution is -0.384. The first-order valence-electron chi connectivity index (χ1n) is 9.72. The van der Waals surface area contributed by atoms with Crippen molar-refractivity contribution in [3.05, 3.63) is 91.1 Å². The number of carbonyl (C=O) groups excluding carboxylic acids is 1. The second-order valence-electron chi connectivity index (χ2n) is 7.35. The molecule has 0 unspecified atom stereocenters. The van der Waals surface area contributed by atoms with Crippen LogP contribution in [0.1, 0.15) is 22.5 Å². The van der Waals surface area contributed by atoms with E-state index in [4.69, 9.17) is 11.6 Å². The summed E-state index contributed by atoms with van der Waals surface area (Å²) in [5.74, 6) is -0.228. The van der Waals surface area contributed by atoms with Gasteiger partial charge in [-0.2, -0.15) is 0 Å². The van der Waals surface area contributed by atoms with Crippen LogP contribution >= 0.6 is 23.4 Å². The first kappa shape index (κ1) is 21.9. The molecule has 0 bridgehead atoms. The number of benzene rings is 2. The summed E-state index contributed by atoms with van der Waals surface area (Å²) in [6, 6.07) is 13.8. The molecule has 1 amide bonds. The number of nitro benzene ring substituents is 1. The van der Waals surface area contributed by atoms with Crippen molar-refractivity contribution < 1.29 is 9.72 Å². The van der Waals surface area contributed by atoms with Crippen LogP contribution in [-0.4, -0.2) is 20.6 Å². The Bertz CT molecular complexity index is 1330. The largest absolute Gasteiger partial charge is 0.318 e. The lowest BCUT2D eigenvalue weighted by Gasteiger charge is -2.09. The SMILES string of the molecule is Cc1ccc(Cl)cc1N=C1NC(=O)/C(=C/c2cc(C)n(-c3cccc([N+](=O)[O-])c3)c2C)S1. The molecule has 2 heterocycles. The molecule has 1 aliphatic heterocycles. The number of aromatic nitrogens is 1. The molecule has 0 atom stereocenters. The van der Waals surface area contributed by atoms with E-state index in [-0.39, 0.29) is 11.6 Å². The summed E-state index contributed by atoms with van der Waals surface area (Å²) in [4.78, 5) is 28.3. The predicted molar refractivity (Wildman–Crippen MR) is 129 cm³/mol. The van der Waals surface area contributed by atoms with Gasteiger partial charge in [0.2, 0.25) is 0 Å². The molecule has 1 aromatic heterocycles. The van der Waals surface area contributed by atoms with Crippen molar-refractivity contribution in [1.82, 2.24) is 9.88 Å². The number of amides is 1. The van der Waals surface area contributed by atoms with Gasteiger partial charge in [0.15, 0.2) is 5.17 Å². The van der Waals surface area contributed by atoms with Crippen molar-refractivity contribution in [2.45, 2.75) is 20.8 Å². The molecule has 0 saturated carbocycles. The number of nitrogens with one attached hydrogen (secondary N) is 1. The lowest BCUT2D eigenvalue weighted by atomic mass is 10.2. The van der Waals surface area contributed by atoms with Crippen molar-refractivity contribution in [2.24, 2.45) is 4.99 Å². The first-order valence-corrected chi connectivity index (χ1v) is 10.9.